The van der Waals surface area contributed by atoms with Crippen molar-refractivity contribution < 1.29 is 17.9 Å². The second-order valence-electron chi connectivity index (χ2n) is 6.36. The maximum absolute atomic E-state index is 12.7. The number of hydrogen-bond donors (Lipinski definition) is 1. The van der Waals surface area contributed by atoms with Crippen LogP contribution in [0.25, 0.3) is 0 Å². The van der Waals surface area contributed by atoms with Crippen LogP contribution >= 0.6 is 23.2 Å². The maximum Gasteiger partial charge on any atom is 0.243 e. The van der Waals surface area contributed by atoms with Gasteiger partial charge in [0.05, 0.1) is 19.1 Å². The molecule has 0 unspecified atom stereocenters. The number of halogens is 2. The summed E-state index contributed by atoms with van der Waals surface area (Å²) in [6, 6.07) is 9.08. The number of anilines is 1. The third-order valence-corrected chi connectivity index (χ3v) is 5.94. The first-order valence-corrected chi connectivity index (χ1v) is 11.0. The van der Waals surface area contributed by atoms with Gasteiger partial charge in [0.15, 0.2) is 0 Å². The lowest BCUT2D eigenvalue weighted by molar-refractivity contribution is -0.122. The standard InChI is InChI=1S/C19H22Cl2N2O4S/c1-12-5-8-18(27-3)17(9-12)23(28(4,25)26)13(2)19(24)22-11-14-6-7-15(20)10-16(14)21/h5-10,13H,11H2,1-4H3,(H,22,24)/t13-/m0/s1. The van der Waals surface area contributed by atoms with Crippen LogP contribution in [0.5, 0.6) is 5.75 Å². The molecule has 0 saturated carbocycles. The van der Waals surface area contributed by atoms with Crippen molar-refractivity contribution in [1.82, 2.24) is 5.32 Å². The molecule has 0 spiro atoms. The van der Waals surface area contributed by atoms with Crippen LogP contribution in [0.3, 0.4) is 0 Å². The molecule has 2 rings (SSSR count). The summed E-state index contributed by atoms with van der Waals surface area (Å²) in [4.78, 5) is 12.7. The molecule has 1 atom stereocenters. The van der Waals surface area contributed by atoms with Gasteiger partial charge < -0.3 is 10.1 Å². The van der Waals surface area contributed by atoms with Gasteiger partial charge in [0, 0.05) is 16.6 Å². The summed E-state index contributed by atoms with van der Waals surface area (Å²) in [6.45, 7) is 3.49. The molecule has 2 aromatic rings. The van der Waals surface area contributed by atoms with E-state index in [0.717, 1.165) is 16.1 Å². The minimum Gasteiger partial charge on any atom is -0.495 e. The Bertz CT molecular complexity index is 980. The lowest BCUT2D eigenvalue weighted by Gasteiger charge is -2.29. The Hall–Kier alpha value is -1.96. The van der Waals surface area contributed by atoms with Crippen molar-refractivity contribution >= 4 is 44.8 Å². The number of sulfonamides is 1. The molecular formula is C19H22Cl2N2O4S. The van der Waals surface area contributed by atoms with Gasteiger partial charge in [0.2, 0.25) is 15.9 Å². The molecule has 6 nitrogen and oxygen atoms in total. The monoisotopic (exact) mass is 444 g/mol. The smallest absolute Gasteiger partial charge is 0.243 e. The van der Waals surface area contributed by atoms with Crippen molar-refractivity contribution in [3.05, 3.63) is 57.6 Å². The number of methoxy groups -OCH3 is 1. The Kier molecular flexibility index (Phi) is 7.20. The number of amides is 1. The molecule has 2 aromatic carbocycles. The van der Waals surface area contributed by atoms with E-state index in [2.05, 4.69) is 5.32 Å². The van der Waals surface area contributed by atoms with E-state index >= 15 is 0 Å². The normalized spacial score (nSPS) is 12.4. The summed E-state index contributed by atoms with van der Waals surface area (Å²) in [5.74, 6) is -0.114. The molecule has 9 heteroatoms. The van der Waals surface area contributed by atoms with Gasteiger partial charge in [0.1, 0.15) is 11.8 Å². The second kappa shape index (κ2) is 9.03. The number of ether oxygens (including phenoxy) is 1. The van der Waals surface area contributed by atoms with Crippen molar-refractivity contribution in [1.29, 1.82) is 0 Å². The average molecular weight is 445 g/mol. The molecule has 0 radical (unpaired) electrons. The highest BCUT2D eigenvalue weighted by molar-refractivity contribution is 7.92. The van der Waals surface area contributed by atoms with E-state index in [9.17, 15) is 13.2 Å². The van der Waals surface area contributed by atoms with E-state index in [-0.39, 0.29) is 6.54 Å². The Labute approximate surface area is 175 Å². The Morgan fingerprint density at radius 1 is 1.21 bits per heavy atom. The molecule has 0 fully saturated rings. The van der Waals surface area contributed by atoms with Gasteiger partial charge in [-0.3, -0.25) is 9.10 Å². The van der Waals surface area contributed by atoms with Crippen LogP contribution in [0.2, 0.25) is 10.0 Å². The van der Waals surface area contributed by atoms with E-state index in [4.69, 9.17) is 27.9 Å². The zero-order valence-corrected chi connectivity index (χ0v) is 18.3. The highest BCUT2D eigenvalue weighted by Crippen LogP contribution is 2.32. The van der Waals surface area contributed by atoms with Crippen LogP contribution in [-0.4, -0.2) is 33.7 Å². The molecular weight excluding hydrogens is 423 g/mol. The number of benzene rings is 2. The summed E-state index contributed by atoms with van der Waals surface area (Å²) in [6.07, 6.45) is 1.05. The van der Waals surface area contributed by atoms with E-state index in [1.807, 2.05) is 6.92 Å². The lowest BCUT2D eigenvalue weighted by Crippen LogP contribution is -2.47. The predicted octanol–water partition coefficient (Wildman–Crippen LogP) is 3.78. The van der Waals surface area contributed by atoms with Gasteiger partial charge in [-0.2, -0.15) is 0 Å². The molecule has 0 aromatic heterocycles. The number of carbonyl (C=O) groups is 1. The number of nitrogens with zero attached hydrogens (tertiary/aromatic N) is 1. The van der Waals surface area contributed by atoms with Gasteiger partial charge in [-0.15, -0.1) is 0 Å². The first kappa shape index (κ1) is 22.3. The molecule has 1 amide bonds. The molecule has 152 valence electrons. The topological polar surface area (TPSA) is 75.7 Å². The van der Waals surface area contributed by atoms with Crippen LogP contribution in [-0.2, 0) is 21.4 Å². The van der Waals surface area contributed by atoms with E-state index in [1.165, 1.54) is 14.0 Å². The summed E-state index contributed by atoms with van der Waals surface area (Å²) in [5.41, 5.74) is 1.81. The summed E-state index contributed by atoms with van der Waals surface area (Å²) < 4.78 is 31.3. The third kappa shape index (κ3) is 5.31. The molecule has 0 aliphatic rings. The zero-order chi connectivity index (χ0) is 21.1. The van der Waals surface area contributed by atoms with Gasteiger partial charge >= 0.3 is 0 Å². The molecule has 0 aliphatic heterocycles. The summed E-state index contributed by atoms with van der Waals surface area (Å²) >= 11 is 12.0. The molecule has 0 bridgehead atoms. The Balaban J connectivity index is 2.29. The van der Waals surface area contributed by atoms with Gasteiger partial charge in [-0.05, 0) is 49.2 Å². The molecule has 28 heavy (non-hydrogen) atoms. The van der Waals surface area contributed by atoms with E-state index in [1.54, 1.807) is 36.4 Å². The fourth-order valence-corrected chi connectivity index (χ4v) is 4.39. The van der Waals surface area contributed by atoms with Crippen LogP contribution in [0.15, 0.2) is 36.4 Å². The molecule has 0 aliphatic carbocycles. The van der Waals surface area contributed by atoms with E-state index < -0.39 is 22.0 Å². The number of rotatable bonds is 7. The fourth-order valence-electron chi connectivity index (χ4n) is 2.75. The first-order chi connectivity index (χ1) is 13.0. The van der Waals surface area contributed by atoms with Crippen LogP contribution in [0, 0.1) is 6.92 Å². The minimum absolute atomic E-state index is 0.141. The number of carbonyl (C=O) groups excluding carboxylic acids is 1. The summed E-state index contributed by atoms with van der Waals surface area (Å²) in [7, 11) is -2.31. The SMILES string of the molecule is COc1ccc(C)cc1N([C@@H](C)C(=O)NCc1ccc(Cl)cc1Cl)S(C)(=O)=O. The van der Waals surface area contributed by atoms with Crippen molar-refractivity contribution in [2.24, 2.45) is 0 Å². The second-order valence-corrected chi connectivity index (χ2v) is 9.07. The quantitative estimate of drug-likeness (QED) is 0.704. The van der Waals surface area contributed by atoms with Gasteiger partial charge in [-0.1, -0.05) is 35.3 Å². The molecule has 1 N–H and O–H groups in total. The van der Waals surface area contributed by atoms with Gasteiger partial charge in [0.25, 0.3) is 0 Å². The third-order valence-electron chi connectivity index (χ3n) is 4.13. The number of aryl methyl sites for hydroxylation is 1. The highest BCUT2D eigenvalue weighted by Gasteiger charge is 2.31. The highest BCUT2D eigenvalue weighted by atomic mass is 35.5. The Morgan fingerprint density at radius 2 is 1.89 bits per heavy atom. The van der Waals surface area contributed by atoms with Crippen LogP contribution < -0.4 is 14.4 Å². The largest absolute Gasteiger partial charge is 0.495 e. The van der Waals surface area contributed by atoms with Crippen molar-refractivity contribution in [2.45, 2.75) is 26.4 Å². The van der Waals surface area contributed by atoms with Crippen molar-refractivity contribution in [3.63, 3.8) is 0 Å². The number of hydrogen-bond acceptors (Lipinski definition) is 4. The van der Waals surface area contributed by atoms with Crippen molar-refractivity contribution in [2.75, 3.05) is 17.7 Å². The van der Waals surface area contributed by atoms with Crippen molar-refractivity contribution in [3.8, 4) is 5.75 Å². The minimum atomic E-state index is -3.76. The fraction of sp³-hybridized carbons (Fsp3) is 0.316. The zero-order valence-electron chi connectivity index (χ0n) is 16.0. The van der Waals surface area contributed by atoms with Crippen LogP contribution in [0.1, 0.15) is 18.1 Å². The summed E-state index contributed by atoms with van der Waals surface area (Å²) in [5, 5.41) is 3.63. The van der Waals surface area contributed by atoms with Crippen LogP contribution in [0.4, 0.5) is 5.69 Å². The molecule has 0 saturated heterocycles. The first-order valence-electron chi connectivity index (χ1n) is 8.40. The molecule has 0 heterocycles. The van der Waals surface area contributed by atoms with E-state index in [0.29, 0.717) is 27.0 Å². The maximum atomic E-state index is 12.7. The number of nitrogens with one attached hydrogen (secondary N) is 1. The van der Waals surface area contributed by atoms with Gasteiger partial charge in [-0.25, -0.2) is 8.42 Å². The lowest BCUT2D eigenvalue weighted by atomic mass is 10.1. The Morgan fingerprint density at radius 3 is 2.46 bits per heavy atom. The average Bonchev–Trinajstić information content (AvgIpc) is 2.59. The predicted molar refractivity (Wildman–Crippen MR) is 113 cm³/mol.